The lowest BCUT2D eigenvalue weighted by Gasteiger charge is -2.30. The molecular formula is C13H24OS2. The van der Waals surface area contributed by atoms with E-state index in [4.69, 9.17) is 0 Å². The predicted octanol–water partition coefficient (Wildman–Crippen LogP) is 4.15. The third kappa shape index (κ3) is 4.70. The lowest BCUT2D eigenvalue weighted by atomic mass is 10.1. The maximum absolute atomic E-state index is 12.0. The van der Waals surface area contributed by atoms with E-state index in [9.17, 15) is 4.79 Å². The van der Waals surface area contributed by atoms with E-state index >= 15 is 0 Å². The Morgan fingerprint density at radius 2 is 1.94 bits per heavy atom. The Labute approximate surface area is 109 Å². The summed E-state index contributed by atoms with van der Waals surface area (Å²) < 4.78 is 0. The van der Waals surface area contributed by atoms with Crippen molar-refractivity contribution in [3.05, 3.63) is 0 Å². The van der Waals surface area contributed by atoms with Crippen molar-refractivity contribution in [3.63, 3.8) is 0 Å². The molecule has 1 nitrogen and oxygen atoms in total. The number of carbonyl (C=O) groups is 1. The Morgan fingerprint density at radius 3 is 2.56 bits per heavy atom. The van der Waals surface area contributed by atoms with Crippen molar-refractivity contribution in [1.29, 1.82) is 0 Å². The number of unbranched alkanes of at least 4 members (excludes halogenated alkanes) is 3. The monoisotopic (exact) mass is 260 g/mol. The molecule has 0 radical (unpaired) electrons. The van der Waals surface area contributed by atoms with E-state index < -0.39 is 0 Å². The van der Waals surface area contributed by atoms with Crippen LogP contribution in [0, 0.1) is 0 Å². The first kappa shape index (κ1) is 14.4. The van der Waals surface area contributed by atoms with E-state index in [2.05, 4.69) is 20.8 Å². The average molecular weight is 260 g/mol. The topological polar surface area (TPSA) is 17.1 Å². The summed E-state index contributed by atoms with van der Waals surface area (Å²) in [6, 6.07) is 0. The first-order chi connectivity index (χ1) is 7.65. The van der Waals surface area contributed by atoms with Gasteiger partial charge >= 0.3 is 0 Å². The van der Waals surface area contributed by atoms with Gasteiger partial charge in [0.05, 0.1) is 5.25 Å². The van der Waals surface area contributed by atoms with Crippen LogP contribution in [0.3, 0.4) is 0 Å². The van der Waals surface area contributed by atoms with E-state index in [0.29, 0.717) is 16.3 Å². The van der Waals surface area contributed by atoms with Crippen molar-refractivity contribution in [2.75, 3.05) is 5.75 Å². The molecule has 0 aromatic rings. The molecule has 1 fully saturated rings. The van der Waals surface area contributed by atoms with Gasteiger partial charge in [-0.25, -0.2) is 0 Å². The first-order valence-corrected chi connectivity index (χ1v) is 8.44. The third-order valence-electron chi connectivity index (χ3n) is 3.19. The van der Waals surface area contributed by atoms with Gasteiger partial charge in [0.2, 0.25) is 0 Å². The molecule has 3 heteroatoms. The molecule has 1 aliphatic rings. The highest BCUT2D eigenvalue weighted by atomic mass is 32.2. The highest BCUT2D eigenvalue weighted by molar-refractivity contribution is 8.08. The second kappa shape index (κ2) is 7.65. The van der Waals surface area contributed by atoms with Gasteiger partial charge in [-0.15, -0.1) is 11.8 Å². The summed E-state index contributed by atoms with van der Waals surface area (Å²) in [4.78, 5) is 12.0. The average Bonchev–Trinajstić information content (AvgIpc) is 2.28. The zero-order chi connectivity index (χ0) is 12.0. The van der Waals surface area contributed by atoms with Gasteiger partial charge in [0.25, 0.3) is 0 Å². The SMILES string of the molecule is CCCCCCC(=O)C1CSC(C)C(C)S1. The predicted molar refractivity (Wildman–Crippen MR) is 76.5 cm³/mol. The molecule has 1 saturated heterocycles. The Bertz CT molecular complexity index is 218. The lowest BCUT2D eigenvalue weighted by Crippen LogP contribution is -2.31. The number of rotatable bonds is 6. The van der Waals surface area contributed by atoms with Crippen LogP contribution < -0.4 is 0 Å². The van der Waals surface area contributed by atoms with E-state index in [1.165, 1.54) is 19.3 Å². The molecule has 0 spiro atoms. The fraction of sp³-hybridized carbons (Fsp3) is 0.923. The molecular weight excluding hydrogens is 236 g/mol. The Kier molecular flexibility index (Phi) is 6.90. The molecule has 0 aliphatic carbocycles. The third-order valence-corrected chi connectivity index (χ3v) is 6.63. The summed E-state index contributed by atoms with van der Waals surface area (Å²) in [5, 5.41) is 1.61. The van der Waals surface area contributed by atoms with Crippen LogP contribution in [-0.4, -0.2) is 27.3 Å². The highest BCUT2D eigenvalue weighted by Crippen LogP contribution is 2.36. The number of ketones is 1. The quantitative estimate of drug-likeness (QED) is 0.668. The molecule has 0 saturated carbocycles. The molecule has 0 N–H and O–H groups in total. The summed E-state index contributed by atoms with van der Waals surface area (Å²) in [5.41, 5.74) is 0. The zero-order valence-electron chi connectivity index (χ0n) is 10.7. The molecule has 16 heavy (non-hydrogen) atoms. The van der Waals surface area contributed by atoms with Gasteiger partial charge in [-0.05, 0) is 6.42 Å². The van der Waals surface area contributed by atoms with Crippen LogP contribution in [0.25, 0.3) is 0 Å². The van der Waals surface area contributed by atoms with Crippen molar-refractivity contribution < 1.29 is 4.79 Å². The van der Waals surface area contributed by atoms with Crippen LogP contribution in [0.2, 0.25) is 0 Å². The van der Waals surface area contributed by atoms with Gasteiger partial charge in [-0.3, -0.25) is 4.79 Å². The van der Waals surface area contributed by atoms with Crippen LogP contribution in [0.4, 0.5) is 0 Å². The zero-order valence-corrected chi connectivity index (χ0v) is 12.3. The summed E-state index contributed by atoms with van der Waals surface area (Å²) >= 11 is 3.86. The van der Waals surface area contributed by atoms with E-state index in [1.807, 2.05) is 23.5 Å². The minimum Gasteiger partial charge on any atom is -0.298 e. The molecule has 3 unspecified atom stereocenters. The van der Waals surface area contributed by atoms with Crippen molar-refractivity contribution >= 4 is 29.3 Å². The van der Waals surface area contributed by atoms with Crippen molar-refractivity contribution in [2.24, 2.45) is 0 Å². The van der Waals surface area contributed by atoms with E-state index in [0.717, 1.165) is 18.6 Å². The summed E-state index contributed by atoms with van der Waals surface area (Å²) in [6.45, 7) is 6.72. The minimum atomic E-state index is 0.276. The molecule has 3 atom stereocenters. The van der Waals surface area contributed by atoms with Gasteiger partial charge in [0.15, 0.2) is 0 Å². The second-order valence-corrected chi connectivity index (χ2v) is 7.64. The highest BCUT2D eigenvalue weighted by Gasteiger charge is 2.29. The first-order valence-electron chi connectivity index (χ1n) is 6.45. The van der Waals surface area contributed by atoms with Crippen LogP contribution in [0.5, 0.6) is 0 Å². The van der Waals surface area contributed by atoms with Crippen LogP contribution in [-0.2, 0) is 4.79 Å². The Hall–Kier alpha value is 0.370. The molecule has 94 valence electrons. The van der Waals surface area contributed by atoms with Crippen LogP contribution >= 0.6 is 23.5 Å². The second-order valence-electron chi connectivity index (χ2n) is 4.65. The normalized spacial score (nSPS) is 30.3. The Morgan fingerprint density at radius 1 is 1.19 bits per heavy atom. The lowest BCUT2D eigenvalue weighted by molar-refractivity contribution is -0.118. The molecule has 1 aliphatic heterocycles. The summed E-state index contributed by atoms with van der Waals surface area (Å²) in [5.74, 6) is 1.52. The molecule has 1 rings (SSSR count). The number of thioether (sulfide) groups is 2. The van der Waals surface area contributed by atoms with Gasteiger partial charge < -0.3 is 0 Å². The van der Waals surface area contributed by atoms with Gasteiger partial charge in [0.1, 0.15) is 5.78 Å². The van der Waals surface area contributed by atoms with Crippen molar-refractivity contribution in [3.8, 4) is 0 Å². The van der Waals surface area contributed by atoms with Gasteiger partial charge in [0, 0.05) is 22.7 Å². The maximum atomic E-state index is 12.0. The maximum Gasteiger partial charge on any atom is 0.146 e. The van der Waals surface area contributed by atoms with Crippen molar-refractivity contribution in [2.45, 2.75) is 68.6 Å². The van der Waals surface area contributed by atoms with Gasteiger partial charge in [-0.1, -0.05) is 40.0 Å². The largest absolute Gasteiger partial charge is 0.298 e. The van der Waals surface area contributed by atoms with Crippen molar-refractivity contribution in [1.82, 2.24) is 0 Å². The molecule has 1 heterocycles. The van der Waals surface area contributed by atoms with Gasteiger partial charge in [-0.2, -0.15) is 11.8 Å². The van der Waals surface area contributed by atoms with Crippen LogP contribution in [0.1, 0.15) is 52.9 Å². The molecule has 0 aromatic carbocycles. The fourth-order valence-corrected chi connectivity index (χ4v) is 4.76. The number of Topliss-reactive ketones (excluding diaryl/α,β-unsaturated/α-hetero) is 1. The van der Waals surface area contributed by atoms with E-state index in [1.54, 1.807) is 0 Å². The van der Waals surface area contributed by atoms with Crippen LogP contribution in [0.15, 0.2) is 0 Å². The minimum absolute atomic E-state index is 0.276. The summed E-state index contributed by atoms with van der Waals surface area (Å²) in [6.07, 6.45) is 5.64. The molecule has 0 amide bonds. The number of hydrogen-bond acceptors (Lipinski definition) is 3. The number of carbonyl (C=O) groups excluding carboxylic acids is 1. The van der Waals surface area contributed by atoms with E-state index in [-0.39, 0.29) is 5.25 Å². The smallest absolute Gasteiger partial charge is 0.146 e. The fourth-order valence-electron chi connectivity index (χ4n) is 1.84. The molecule has 0 bridgehead atoms. The number of hydrogen-bond donors (Lipinski definition) is 0. The standard InChI is InChI=1S/C13H24OS2/c1-4-5-6-7-8-12(14)13-9-15-10(2)11(3)16-13/h10-11,13H,4-9H2,1-3H3. The Balaban J connectivity index is 2.21. The summed E-state index contributed by atoms with van der Waals surface area (Å²) in [7, 11) is 0. The molecule has 0 aromatic heterocycles.